The van der Waals surface area contributed by atoms with Crippen molar-refractivity contribution in [1.29, 1.82) is 0 Å². The number of hydrogen-bond acceptors (Lipinski definition) is 5. The van der Waals surface area contributed by atoms with E-state index in [2.05, 4.69) is 10.2 Å². The average molecular weight is 389 g/mol. The van der Waals surface area contributed by atoms with E-state index in [0.29, 0.717) is 25.0 Å². The zero-order valence-corrected chi connectivity index (χ0v) is 15.9. The van der Waals surface area contributed by atoms with Crippen LogP contribution in [0.15, 0.2) is 18.2 Å². The lowest BCUT2D eigenvalue weighted by atomic mass is 9.68. The van der Waals surface area contributed by atoms with Gasteiger partial charge in [-0.3, -0.25) is 9.59 Å². The molecule has 1 aromatic rings. The van der Waals surface area contributed by atoms with E-state index in [9.17, 15) is 14.7 Å². The van der Waals surface area contributed by atoms with Gasteiger partial charge in [-0.05, 0) is 63.1 Å². The summed E-state index contributed by atoms with van der Waals surface area (Å²) in [6, 6.07) is 5.70. The third kappa shape index (κ3) is 3.62. The lowest BCUT2D eigenvalue weighted by molar-refractivity contribution is -0.144. The number of esters is 1. The Hall–Kier alpha value is -2.08. The number of rotatable bonds is 4. The van der Waals surface area contributed by atoms with E-state index in [4.69, 9.17) is 4.74 Å². The van der Waals surface area contributed by atoms with Gasteiger partial charge in [0.05, 0.1) is 12.0 Å². The SMILES string of the molecule is C.CCOC(=O)C[C@H]1CCN(C2CCC3(CC2)C(=O)Nc2cc(O)ccc23)C1. The number of aromatic hydroxyl groups is 1. The van der Waals surface area contributed by atoms with Crippen LogP contribution >= 0.6 is 0 Å². The standard InChI is InChI=1S/C21H28N2O4.CH4/c1-2-27-19(25)11-14-7-10-23(13-14)15-5-8-21(9-6-15)17-4-3-16(24)12-18(17)22-20(21)26;/h3-4,12,14-15,24H,2,5-11,13H2,1H3,(H,22,26);1H4/t14-,15?,21?;/m1./s1. The summed E-state index contributed by atoms with van der Waals surface area (Å²) in [7, 11) is 0. The summed E-state index contributed by atoms with van der Waals surface area (Å²) < 4.78 is 5.08. The van der Waals surface area contributed by atoms with E-state index >= 15 is 0 Å². The number of benzene rings is 1. The molecule has 1 aliphatic carbocycles. The van der Waals surface area contributed by atoms with Crippen molar-refractivity contribution < 1.29 is 19.4 Å². The van der Waals surface area contributed by atoms with Gasteiger partial charge in [0.15, 0.2) is 0 Å². The summed E-state index contributed by atoms with van der Waals surface area (Å²) in [6.07, 6.45) is 5.20. The Bertz CT molecular complexity index is 740. The van der Waals surface area contributed by atoms with Crippen LogP contribution in [-0.2, 0) is 19.7 Å². The Morgan fingerprint density at radius 3 is 2.79 bits per heavy atom. The molecular weight excluding hydrogens is 356 g/mol. The first-order valence-electron chi connectivity index (χ1n) is 10.1. The molecule has 28 heavy (non-hydrogen) atoms. The molecule has 2 heterocycles. The fourth-order valence-corrected chi connectivity index (χ4v) is 5.19. The smallest absolute Gasteiger partial charge is 0.306 e. The summed E-state index contributed by atoms with van der Waals surface area (Å²) in [5.74, 6) is 0.556. The first kappa shape index (κ1) is 20.6. The Kier molecular flexibility index (Phi) is 5.98. The minimum atomic E-state index is -0.441. The highest BCUT2D eigenvalue weighted by molar-refractivity contribution is 6.06. The molecule has 6 heteroatoms. The summed E-state index contributed by atoms with van der Waals surface area (Å²) >= 11 is 0. The molecule has 1 saturated heterocycles. The molecule has 1 aromatic carbocycles. The van der Waals surface area contributed by atoms with E-state index in [1.165, 1.54) is 0 Å². The fourth-order valence-electron chi connectivity index (χ4n) is 5.19. The molecule has 1 saturated carbocycles. The van der Waals surface area contributed by atoms with Crippen LogP contribution in [0.25, 0.3) is 0 Å². The number of likely N-dealkylation sites (tertiary alicyclic amines) is 1. The number of phenols is 1. The number of phenolic OH excluding ortho intramolecular Hbond substituents is 1. The lowest BCUT2D eigenvalue weighted by Gasteiger charge is -2.39. The third-order valence-electron chi connectivity index (χ3n) is 6.60. The molecule has 154 valence electrons. The summed E-state index contributed by atoms with van der Waals surface area (Å²) in [5.41, 5.74) is 1.35. The van der Waals surface area contributed by atoms with Gasteiger partial charge in [0.2, 0.25) is 5.91 Å². The molecule has 1 spiro atoms. The molecule has 0 radical (unpaired) electrons. The third-order valence-corrected chi connectivity index (χ3v) is 6.60. The van der Waals surface area contributed by atoms with Crippen LogP contribution < -0.4 is 5.32 Å². The number of anilines is 1. The van der Waals surface area contributed by atoms with Crippen molar-refractivity contribution in [3.05, 3.63) is 23.8 Å². The van der Waals surface area contributed by atoms with Gasteiger partial charge >= 0.3 is 5.97 Å². The molecule has 4 rings (SSSR count). The Morgan fingerprint density at radius 2 is 2.07 bits per heavy atom. The highest BCUT2D eigenvalue weighted by atomic mass is 16.5. The Morgan fingerprint density at radius 1 is 1.32 bits per heavy atom. The molecule has 2 aliphatic heterocycles. The second-order valence-electron chi connectivity index (χ2n) is 8.16. The molecule has 2 fully saturated rings. The second-order valence-corrected chi connectivity index (χ2v) is 8.16. The van der Waals surface area contributed by atoms with E-state index in [0.717, 1.165) is 56.4 Å². The maximum absolute atomic E-state index is 12.7. The highest BCUT2D eigenvalue weighted by Crippen LogP contribution is 2.49. The maximum Gasteiger partial charge on any atom is 0.306 e. The van der Waals surface area contributed by atoms with Gasteiger partial charge in [-0.2, -0.15) is 0 Å². The largest absolute Gasteiger partial charge is 0.508 e. The minimum absolute atomic E-state index is 0. The minimum Gasteiger partial charge on any atom is -0.508 e. The predicted molar refractivity (Wildman–Crippen MR) is 108 cm³/mol. The number of nitrogens with one attached hydrogen (secondary N) is 1. The van der Waals surface area contributed by atoms with Crippen LogP contribution in [0, 0.1) is 5.92 Å². The number of fused-ring (bicyclic) bond motifs is 2. The summed E-state index contributed by atoms with van der Waals surface area (Å²) in [6.45, 7) is 4.27. The number of ether oxygens (including phenoxy) is 1. The van der Waals surface area contributed by atoms with Crippen molar-refractivity contribution in [2.45, 2.75) is 64.3 Å². The zero-order valence-electron chi connectivity index (χ0n) is 15.9. The summed E-state index contributed by atoms with van der Waals surface area (Å²) in [4.78, 5) is 27.0. The summed E-state index contributed by atoms with van der Waals surface area (Å²) in [5, 5.41) is 12.6. The molecular formula is C22H32N2O4. The highest BCUT2D eigenvalue weighted by Gasteiger charge is 2.49. The van der Waals surface area contributed by atoms with Crippen LogP contribution in [0.2, 0.25) is 0 Å². The van der Waals surface area contributed by atoms with Gasteiger partial charge in [0.1, 0.15) is 5.75 Å². The fraction of sp³-hybridized carbons (Fsp3) is 0.636. The van der Waals surface area contributed by atoms with Crippen LogP contribution in [0.1, 0.15) is 58.4 Å². The topological polar surface area (TPSA) is 78.9 Å². The van der Waals surface area contributed by atoms with Gasteiger partial charge in [0.25, 0.3) is 0 Å². The second kappa shape index (κ2) is 8.11. The predicted octanol–water partition coefficient (Wildman–Crippen LogP) is 3.44. The van der Waals surface area contributed by atoms with Crippen LogP contribution in [0.4, 0.5) is 5.69 Å². The normalized spacial score (nSPS) is 29.2. The molecule has 1 amide bonds. The van der Waals surface area contributed by atoms with Gasteiger partial charge < -0.3 is 20.1 Å². The maximum atomic E-state index is 12.7. The van der Waals surface area contributed by atoms with Crippen molar-refractivity contribution in [2.24, 2.45) is 5.92 Å². The molecule has 0 bridgehead atoms. The number of carbonyl (C=O) groups is 2. The lowest BCUT2D eigenvalue weighted by Crippen LogP contribution is -2.44. The molecule has 6 nitrogen and oxygen atoms in total. The quantitative estimate of drug-likeness (QED) is 0.773. The van der Waals surface area contributed by atoms with E-state index < -0.39 is 5.41 Å². The van der Waals surface area contributed by atoms with Crippen LogP contribution in [0.3, 0.4) is 0 Å². The van der Waals surface area contributed by atoms with Crippen molar-refractivity contribution >= 4 is 17.6 Å². The molecule has 0 unspecified atom stereocenters. The molecule has 3 aliphatic rings. The molecule has 2 N–H and O–H groups in total. The Labute approximate surface area is 167 Å². The number of carbonyl (C=O) groups excluding carboxylic acids is 2. The van der Waals surface area contributed by atoms with E-state index in [1.807, 2.05) is 13.0 Å². The van der Waals surface area contributed by atoms with Crippen molar-refractivity contribution in [3.8, 4) is 5.75 Å². The van der Waals surface area contributed by atoms with Gasteiger partial charge in [0, 0.05) is 30.8 Å². The van der Waals surface area contributed by atoms with E-state index in [1.54, 1.807) is 12.1 Å². The van der Waals surface area contributed by atoms with Crippen molar-refractivity contribution in [3.63, 3.8) is 0 Å². The molecule has 0 aromatic heterocycles. The van der Waals surface area contributed by atoms with E-state index in [-0.39, 0.29) is 25.1 Å². The van der Waals surface area contributed by atoms with Gasteiger partial charge in [-0.25, -0.2) is 0 Å². The van der Waals surface area contributed by atoms with Crippen LogP contribution in [0.5, 0.6) is 5.75 Å². The zero-order chi connectivity index (χ0) is 19.0. The number of amides is 1. The number of nitrogens with zero attached hydrogens (tertiary/aromatic N) is 1. The first-order valence-corrected chi connectivity index (χ1v) is 10.1. The monoisotopic (exact) mass is 388 g/mol. The Balaban J connectivity index is 0.00000225. The van der Waals surface area contributed by atoms with Crippen molar-refractivity contribution in [1.82, 2.24) is 4.90 Å². The van der Waals surface area contributed by atoms with Crippen molar-refractivity contribution in [2.75, 3.05) is 25.0 Å². The van der Waals surface area contributed by atoms with Gasteiger partial charge in [-0.15, -0.1) is 0 Å². The van der Waals surface area contributed by atoms with Crippen LogP contribution in [-0.4, -0.2) is 47.6 Å². The average Bonchev–Trinajstić information content (AvgIpc) is 3.19. The molecule has 1 atom stereocenters. The first-order chi connectivity index (χ1) is 13.0. The van der Waals surface area contributed by atoms with Gasteiger partial charge in [-0.1, -0.05) is 13.5 Å². The number of hydrogen-bond donors (Lipinski definition) is 2.